The van der Waals surface area contributed by atoms with Crippen molar-refractivity contribution in [3.63, 3.8) is 0 Å². The number of oxime groups is 1. The van der Waals surface area contributed by atoms with Gasteiger partial charge in [-0.25, -0.2) is 4.79 Å². The topological polar surface area (TPSA) is 97.5 Å². The second kappa shape index (κ2) is 6.36. The van der Waals surface area contributed by atoms with Gasteiger partial charge in [-0.15, -0.1) is 0 Å². The first-order valence-corrected chi connectivity index (χ1v) is 7.86. The van der Waals surface area contributed by atoms with Crippen molar-refractivity contribution in [3.8, 4) is 6.01 Å². The van der Waals surface area contributed by atoms with E-state index < -0.39 is 11.2 Å². The number of fused-ring (bicyclic) bond motifs is 1. The average molecular weight is 317 g/mol. The monoisotopic (exact) mass is 317 g/mol. The molecule has 0 aromatic carbocycles. The third kappa shape index (κ3) is 3.33. The average Bonchev–Trinajstić information content (AvgIpc) is 2.53. The van der Waals surface area contributed by atoms with Crippen molar-refractivity contribution in [1.82, 2.24) is 9.97 Å². The minimum atomic E-state index is -0.536. The zero-order valence-corrected chi connectivity index (χ0v) is 13.2. The fourth-order valence-electron chi connectivity index (χ4n) is 2.75. The Morgan fingerprint density at radius 3 is 2.83 bits per heavy atom. The summed E-state index contributed by atoms with van der Waals surface area (Å²) in [5.41, 5.74) is 0.596. The van der Waals surface area contributed by atoms with Gasteiger partial charge in [0.25, 0.3) is 5.56 Å². The van der Waals surface area contributed by atoms with Crippen LogP contribution in [0.5, 0.6) is 6.01 Å². The Morgan fingerprint density at radius 1 is 1.39 bits per heavy atom. The van der Waals surface area contributed by atoms with E-state index in [4.69, 9.17) is 9.25 Å². The van der Waals surface area contributed by atoms with Gasteiger partial charge in [0.2, 0.25) is 5.71 Å². The summed E-state index contributed by atoms with van der Waals surface area (Å²) in [6.45, 7) is 4.07. The Labute approximate surface area is 132 Å². The van der Waals surface area contributed by atoms with Gasteiger partial charge in [0, 0.05) is 6.07 Å². The number of aromatic amines is 1. The normalized spacial score (nSPS) is 18.2. The molecule has 7 heteroatoms. The molecule has 2 heterocycles. The van der Waals surface area contributed by atoms with E-state index in [1.165, 1.54) is 6.07 Å². The van der Waals surface area contributed by atoms with E-state index in [-0.39, 0.29) is 17.1 Å². The molecule has 122 valence electrons. The van der Waals surface area contributed by atoms with Gasteiger partial charge in [-0.3, -0.25) is 9.78 Å². The van der Waals surface area contributed by atoms with Gasteiger partial charge < -0.3 is 9.25 Å². The largest absolute Gasteiger partial charge is 0.403 e. The lowest BCUT2D eigenvalue weighted by Gasteiger charge is -2.18. The first-order valence-electron chi connectivity index (χ1n) is 7.86. The highest BCUT2D eigenvalue weighted by Gasteiger charge is 2.15. The SMILES string of the molecule is CCc1cc(=O)oc2nc(ON=C3CCC(C)CC3)[nH]c(=O)c12. The van der Waals surface area contributed by atoms with Crippen molar-refractivity contribution in [2.24, 2.45) is 11.1 Å². The lowest BCUT2D eigenvalue weighted by Crippen LogP contribution is -2.15. The molecular formula is C16H19N3O4. The maximum absolute atomic E-state index is 12.2. The molecule has 1 N–H and O–H groups in total. The molecule has 1 saturated carbocycles. The molecule has 0 aliphatic heterocycles. The van der Waals surface area contributed by atoms with Crippen LogP contribution in [0, 0.1) is 5.92 Å². The summed E-state index contributed by atoms with van der Waals surface area (Å²) in [6, 6.07) is 1.24. The molecule has 3 rings (SSSR count). The summed E-state index contributed by atoms with van der Waals surface area (Å²) >= 11 is 0. The van der Waals surface area contributed by atoms with Crippen LogP contribution < -0.4 is 16.0 Å². The van der Waals surface area contributed by atoms with E-state index in [0.717, 1.165) is 31.4 Å². The zero-order valence-electron chi connectivity index (χ0n) is 13.2. The van der Waals surface area contributed by atoms with Gasteiger partial charge in [-0.1, -0.05) is 19.0 Å². The van der Waals surface area contributed by atoms with Crippen LogP contribution in [0.25, 0.3) is 11.1 Å². The summed E-state index contributed by atoms with van der Waals surface area (Å²) in [7, 11) is 0. The van der Waals surface area contributed by atoms with Crippen LogP contribution in [0.3, 0.4) is 0 Å². The van der Waals surface area contributed by atoms with Gasteiger partial charge in [0.1, 0.15) is 5.39 Å². The Balaban J connectivity index is 1.92. The van der Waals surface area contributed by atoms with Crippen LogP contribution >= 0.6 is 0 Å². The third-order valence-electron chi connectivity index (χ3n) is 4.17. The van der Waals surface area contributed by atoms with Crippen LogP contribution in [-0.2, 0) is 6.42 Å². The molecule has 0 amide bonds. The maximum atomic E-state index is 12.2. The molecule has 1 fully saturated rings. The molecule has 1 aliphatic rings. The Morgan fingerprint density at radius 2 is 2.13 bits per heavy atom. The van der Waals surface area contributed by atoms with Crippen LogP contribution in [0.15, 0.2) is 25.2 Å². The predicted octanol–water partition coefficient (Wildman–Crippen LogP) is 2.38. The van der Waals surface area contributed by atoms with Crippen LogP contribution in [0.2, 0.25) is 0 Å². The van der Waals surface area contributed by atoms with E-state index in [2.05, 4.69) is 22.0 Å². The third-order valence-corrected chi connectivity index (χ3v) is 4.17. The first-order chi connectivity index (χ1) is 11.1. The number of aryl methyl sites for hydroxylation is 1. The van der Waals surface area contributed by atoms with E-state index in [9.17, 15) is 9.59 Å². The summed E-state index contributed by atoms with van der Waals surface area (Å²) < 4.78 is 5.02. The smallest absolute Gasteiger partial charge is 0.337 e. The molecule has 1 aliphatic carbocycles. The Kier molecular flexibility index (Phi) is 4.27. The molecule has 0 atom stereocenters. The van der Waals surface area contributed by atoms with Crippen molar-refractivity contribution in [1.29, 1.82) is 0 Å². The molecule has 0 radical (unpaired) electrons. The maximum Gasteiger partial charge on any atom is 0.337 e. The number of hydrogen-bond acceptors (Lipinski definition) is 6. The Bertz CT molecular complexity index is 856. The zero-order chi connectivity index (χ0) is 16.4. The molecule has 0 bridgehead atoms. The van der Waals surface area contributed by atoms with Gasteiger partial charge in [0.15, 0.2) is 0 Å². The molecule has 23 heavy (non-hydrogen) atoms. The number of rotatable bonds is 3. The summed E-state index contributed by atoms with van der Waals surface area (Å²) in [4.78, 5) is 35.6. The van der Waals surface area contributed by atoms with Crippen molar-refractivity contribution >= 4 is 16.8 Å². The molecule has 0 unspecified atom stereocenters. The molecule has 0 spiro atoms. The van der Waals surface area contributed by atoms with Crippen molar-refractivity contribution in [3.05, 3.63) is 32.4 Å². The minimum absolute atomic E-state index is 0.0226. The fourth-order valence-corrected chi connectivity index (χ4v) is 2.75. The van der Waals surface area contributed by atoms with Crippen LogP contribution in [0.4, 0.5) is 0 Å². The van der Waals surface area contributed by atoms with Gasteiger partial charge in [0.05, 0.1) is 5.71 Å². The first kappa shape index (κ1) is 15.5. The standard InChI is InChI=1S/C16H19N3O4/c1-3-10-8-12(20)22-15-13(10)14(21)17-16(18-15)23-19-11-6-4-9(2)5-7-11/h8-9H,3-7H2,1-2H3,(H,17,18,21). The van der Waals surface area contributed by atoms with Gasteiger partial charge in [-0.2, -0.15) is 4.98 Å². The second-order valence-corrected chi connectivity index (χ2v) is 5.93. The number of nitrogens with one attached hydrogen (secondary N) is 1. The highest BCUT2D eigenvalue weighted by atomic mass is 16.6. The highest BCUT2D eigenvalue weighted by molar-refractivity contribution is 5.84. The second-order valence-electron chi connectivity index (χ2n) is 5.93. The molecular weight excluding hydrogens is 298 g/mol. The molecule has 2 aromatic heterocycles. The highest BCUT2D eigenvalue weighted by Crippen LogP contribution is 2.21. The van der Waals surface area contributed by atoms with Crippen molar-refractivity contribution in [2.75, 3.05) is 0 Å². The summed E-state index contributed by atoms with van der Waals surface area (Å²) in [6.07, 6.45) is 4.47. The molecule has 2 aromatic rings. The van der Waals surface area contributed by atoms with Gasteiger partial charge >= 0.3 is 11.6 Å². The van der Waals surface area contributed by atoms with E-state index >= 15 is 0 Å². The number of nitrogens with zero attached hydrogens (tertiary/aromatic N) is 2. The van der Waals surface area contributed by atoms with Crippen LogP contribution in [-0.4, -0.2) is 15.7 Å². The van der Waals surface area contributed by atoms with Crippen molar-refractivity contribution in [2.45, 2.75) is 46.0 Å². The van der Waals surface area contributed by atoms with E-state index in [1.807, 2.05) is 6.92 Å². The number of hydrogen-bond donors (Lipinski definition) is 1. The Hall–Kier alpha value is -2.44. The van der Waals surface area contributed by atoms with Crippen LogP contribution in [0.1, 0.15) is 45.1 Å². The van der Waals surface area contributed by atoms with Crippen molar-refractivity contribution < 1.29 is 9.25 Å². The van der Waals surface area contributed by atoms with E-state index in [1.54, 1.807) is 0 Å². The van der Waals surface area contributed by atoms with E-state index in [0.29, 0.717) is 17.9 Å². The van der Waals surface area contributed by atoms with Gasteiger partial charge in [-0.05, 0) is 43.6 Å². The summed E-state index contributed by atoms with van der Waals surface area (Å²) in [5, 5.41) is 4.34. The lowest BCUT2D eigenvalue weighted by molar-refractivity contribution is 0.305. The summed E-state index contributed by atoms with van der Waals surface area (Å²) in [5.74, 6) is 0.703. The quantitative estimate of drug-likeness (QED) is 0.876. The predicted molar refractivity (Wildman–Crippen MR) is 86.0 cm³/mol. The number of H-pyrrole nitrogens is 1. The fraction of sp³-hybridized carbons (Fsp3) is 0.500. The minimum Gasteiger partial charge on any atom is -0.403 e. The molecule has 0 saturated heterocycles. The molecule has 7 nitrogen and oxygen atoms in total. The number of aromatic nitrogens is 2. The lowest BCUT2D eigenvalue weighted by atomic mass is 9.90.